The minimum absolute atomic E-state index is 0.278. The van der Waals surface area contributed by atoms with E-state index in [1.807, 2.05) is 25.1 Å². The van der Waals surface area contributed by atoms with Gasteiger partial charge in [0.15, 0.2) is 0 Å². The van der Waals surface area contributed by atoms with Crippen LogP contribution in [0.5, 0.6) is 5.75 Å². The second-order valence-corrected chi connectivity index (χ2v) is 8.43. The second-order valence-electron chi connectivity index (χ2n) is 8.43. The number of rotatable bonds is 4. The van der Waals surface area contributed by atoms with Crippen LogP contribution in [0.25, 0.3) is 16.6 Å². The summed E-state index contributed by atoms with van der Waals surface area (Å²) in [5.74, 6) is 6.14. The van der Waals surface area contributed by atoms with Crippen molar-refractivity contribution in [3.63, 3.8) is 0 Å². The number of pyridine rings is 2. The van der Waals surface area contributed by atoms with Crippen LogP contribution in [0, 0.1) is 29.0 Å². The third-order valence-electron chi connectivity index (χ3n) is 6.11. The highest BCUT2D eigenvalue weighted by molar-refractivity contribution is 5.94. The number of carbonyl (C=O) groups is 1. The molecule has 0 spiro atoms. The van der Waals surface area contributed by atoms with Crippen LogP contribution in [-0.2, 0) is 4.79 Å². The largest absolute Gasteiger partial charge is 0.492 e. The number of hydrogen-bond acceptors (Lipinski definition) is 6. The molecule has 0 saturated carbocycles. The molecule has 3 aromatic heterocycles. The van der Waals surface area contributed by atoms with E-state index in [9.17, 15) is 14.4 Å². The summed E-state index contributed by atoms with van der Waals surface area (Å²) in [5.41, 5.74) is 3.30. The van der Waals surface area contributed by atoms with Crippen LogP contribution in [0.4, 0.5) is 10.2 Å². The molecule has 8 nitrogen and oxygen atoms in total. The molecule has 37 heavy (non-hydrogen) atoms. The summed E-state index contributed by atoms with van der Waals surface area (Å²) < 4.78 is 20.6. The summed E-state index contributed by atoms with van der Waals surface area (Å²) in [7, 11) is 0. The molecule has 5 rings (SSSR count). The fraction of sp³-hybridized carbons (Fsp3) is 0.214. The van der Waals surface area contributed by atoms with Crippen molar-refractivity contribution in [3.8, 4) is 34.8 Å². The van der Waals surface area contributed by atoms with Crippen LogP contribution in [-0.4, -0.2) is 58.2 Å². The number of nitrogens with zero attached hydrogens (tertiary/aromatic N) is 6. The maximum absolute atomic E-state index is 13.3. The van der Waals surface area contributed by atoms with Crippen LogP contribution in [0.15, 0.2) is 61.1 Å². The zero-order valence-corrected chi connectivity index (χ0v) is 20.2. The van der Waals surface area contributed by atoms with Crippen molar-refractivity contribution in [2.24, 2.45) is 0 Å². The molecule has 0 aliphatic carbocycles. The zero-order valence-electron chi connectivity index (χ0n) is 20.2. The SMILES string of the molecule is CCOc1cc(-c2ccc(N3CCN(C(=O)C#Cc4cccc(F)c4)CC3)nc2)c2c(C#N)cnn2c1. The van der Waals surface area contributed by atoms with Crippen molar-refractivity contribution in [1.82, 2.24) is 19.5 Å². The van der Waals surface area contributed by atoms with E-state index >= 15 is 0 Å². The Balaban J connectivity index is 1.29. The number of fused-ring (bicyclic) bond motifs is 1. The Bertz CT molecular complexity index is 1550. The zero-order chi connectivity index (χ0) is 25.8. The molecule has 4 aromatic rings. The molecule has 1 saturated heterocycles. The smallest absolute Gasteiger partial charge is 0.298 e. The molecule has 0 N–H and O–H groups in total. The first-order valence-electron chi connectivity index (χ1n) is 11.9. The van der Waals surface area contributed by atoms with Gasteiger partial charge in [-0.2, -0.15) is 10.4 Å². The van der Waals surface area contributed by atoms with Crippen molar-refractivity contribution in [2.45, 2.75) is 6.92 Å². The number of nitriles is 1. The van der Waals surface area contributed by atoms with Gasteiger partial charge in [0.05, 0.1) is 30.1 Å². The maximum Gasteiger partial charge on any atom is 0.298 e. The van der Waals surface area contributed by atoms with Gasteiger partial charge in [0, 0.05) is 55.0 Å². The Labute approximate surface area is 213 Å². The first-order chi connectivity index (χ1) is 18.1. The van der Waals surface area contributed by atoms with Crippen molar-refractivity contribution in [1.29, 1.82) is 5.26 Å². The van der Waals surface area contributed by atoms with Crippen molar-refractivity contribution in [3.05, 3.63) is 78.0 Å². The summed E-state index contributed by atoms with van der Waals surface area (Å²) in [6.45, 7) is 4.68. The summed E-state index contributed by atoms with van der Waals surface area (Å²) >= 11 is 0. The molecule has 184 valence electrons. The molecular formula is C28H23FN6O2. The van der Waals surface area contributed by atoms with E-state index in [4.69, 9.17) is 4.74 Å². The molecule has 0 radical (unpaired) electrons. The van der Waals surface area contributed by atoms with Crippen molar-refractivity contribution < 1.29 is 13.9 Å². The number of ether oxygens (including phenoxy) is 1. The molecule has 1 amide bonds. The maximum atomic E-state index is 13.3. The average Bonchev–Trinajstić information content (AvgIpc) is 3.35. The third kappa shape index (κ3) is 5.07. The van der Waals surface area contributed by atoms with Gasteiger partial charge in [-0.25, -0.2) is 13.9 Å². The fourth-order valence-electron chi connectivity index (χ4n) is 4.29. The molecule has 0 bridgehead atoms. The lowest BCUT2D eigenvalue weighted by Crippen LogP contribution is -2.48. The number of aromatic nitrogens is 3. The Morgan fingerprint density at radius 1 is 1.14 bits per heavy atom. The van der Waals surface area contributed by atoms with E-state index < -0.39 is 0 Å². The highest BCUT2D eigenvalue weighted by Gasteiger charge is 2.21. The Morgan fingerprint density at radius 3 is 2.68 bits per heavy atom. The molecule has 0 atom stereocenters. The van der Waals surface area contributed by atoms with Gasteiger partial charge in [0.25, 0.3) is 5.91 Å². The van der Waals surface area contributed by atoms with Gasteiger partial charge in [-0.05, 0) is 43.3 Å². The van der Waals surface area contributed by atoms with Crippen molar-refractivity contribution in [2.75, 3.05) is 37.7 Å². The minimum Gasteiger partial charge on any atom is -0.492 e. The fourth-order valence-corrected chi connectivity index (χ4v) is 4.29. The molecule has 1 aliphatic heterocycles. The lowest BCUT2D eigenvalue weighted by Gasteiger charge is -2.34. The van der Waals surface area contributed by atoms with E-state index in [0.29, 0.717) is 55.2 Å². The predicted molar refractivity (Wildman–Crippen MR) is 136 cm³/mol. The number of carbonyl (C=O) groups excluding carboxylic acids is 1. The van der Waals surface area contributed by atoms with E-state index in [-0.39, 0.29) is 11.7 Å². The molecule has 4 heterocycles. The normalized spacial score (nSPS) is 13.1. The van der Waals surface area contributed by atoms with E-state index in [0.717, 1.165) is 16.9 Å². The number of benzene rings is 1. The molecule has 0 unspecified atom stereocenters. The third-order valence-corrected chi connectivity index (χ3v) is 6.11. The molecule has 1 aromatic carbocycles. The van der Waals surface area contributed by atoms with Gasteiger partial charge in [-0.3, -0.25) is 4.79 Å². The van der Waals surface area contributed by atoms with Gasteiger partial charge in [0.2, 0.25) is 0 Å². The van der Waals surface area contributed by atoms with E-state index in [1.54, 1.807) is 40.1 Å². The van der Waals surface area contributed by atoms with E-state index in [1.165, 1.54) is 12.1 Å². The van der Waals surface area contributed by atoms with Crippen LogP contribution in [0.3, 0.4) is 0 Å². The topological polar surface area (TPSA) is 86.8 Å². The number of amides is 1. The summed E-state index contributed by atoms with van der Waals surface area (Å²) in [5, 5.41) is 13.8. The van der Waals surface area contributed by atoms with Gasteiger partial charge in [0.1, 0.15) is 23.5 Å². The molecule has 1 fully saturated rings. The molecular weight excluding hydrogens is 471 g/mol. The lowest BCUT2D eigenvalue weighted by molar-refractivity contribution is -0.125. The Morgan fingerprint density at radius 2 is 1.97 bits per heavy atom. The van der Waals surface area contributed by atoms with Gasteiger partial charge >= 0.3 is 0 Å². The highest BCUT2D eigenvalue weighted by Crippen LogP contribution is 2.31. The van der Waals surface area contributed by atoms with Crippen LogP contribution < -0.4 is 9.64 Å². The molecule has 1 aliphatic rings. The minimum atomic E-state index is -0.381. The van der Waals surface area contributed by atoms with Gasteiger partial charge in [-0.1, -0.05) is 12.0 Å². The Kier molecular flexibility index (Phi) is 6.69. The number of hydrogen-bond donors (Lipinski definition) is 0. The van der Waals surface area contributed by atoms with Crippen molar-refractivity contribution >= 4 is 17.2 Å². The number of piperazine rings is 1. The second kappa shape index (κ2) is 10.4. The standard InChI is InChI=1S/C28H23FN6O2/c1-2-37-24-15-25(28-22(16-30)18-32-35(28)19-24)21-7-8-26(31-17-21)33-10-12-34(13-11-33)27(36)9-6-20-4-3-5-23(29)14-20/h3-5,7-8,14-15,17-19H,2,10-13H2,1H3. The van der Waals surface area contributed by atoms with Crippen LogP contribution in [0.2, 0.25) is 0 Å². The first kappa shape index (κ1) is 23.8. The van der Waals surface area contributed by atoms with Crippen LogP contribution in [0.1, 0.15) is 18.1 Å². The Hall–Kier alpha value is -4.89. The summed E-state index contributed by atoms with van der Waals surface area (Å²) in [4.78, 5) is 21.0. The number of anilines is 1. The lowest BCUT2D eigenvalue weighted by atomic mass is 10.1. The average molecular weight is 495 g/mol. The van der Waals surface area contributed by atoms with Crippen LogP contribution >= 0.6 is 0 Å². The summed E-state index contributed by atoms with van der Waals surface area (Å²) in [6.07, 6.45) is 5.07. The quantitative estimate of drug-likeness (QED) is 0.404. The first-order valence-corrected chi connectivity index (χ1v) is 11.9. The van der Waals surface area contributed by atoms with E-state index in [2.05, 4.69) is 32.9 Å². The monoisotopic (exact) mass is 494 g/mol. The summed E-state index contributed by atoms with van der Waals surface area (Å²) in [6, 6.07) is 13.9. The number of halogens is 1. The highest BCUT2D eigenvalue weighted by atomic mass is 19.1. The predicted octanol–water partition coefficient (Wildman–Crippen LogP) is 3.51. The molecule has 9 heteroatoms. The van der Waals surface area contributed by atoms with Gasteiger partial charge in [-0.15, -0.1) is 0 Å². The van der Waals surface area contributed by atoms with Gasteiger partial charge < -0.3 is 14.5 Å².